The average Bonchev–Trinajstić information content (AvgIpc) is 3.44. The lowest BCUT2D eigenvalue weighted by Crippen LogP contribution is -2.71. The number of hydrogen-bond acceptors (Lipinski definition) is 14. The van der Waals surface area contributed by atoms with Crippen LogP contribution in [0.3, 0.4) is 0 Å². The summed E-state index contributed by atoms with van der Waals surface area (Å²) in [6, 6.07) is 7.25. The number of halogens is 1. The van der Waals surface area contributed by atoms with Crippen LogP contribution in [0.25, 0.3) is 5.69 Å². The summed E-state index contributed by atoms with van der Waals surface area (Å²) < 4.78 is 1.65. The molecular weight excluding hydrogens is 694 g/mol. The normalized spacial score (nSPS) is 18.0. The number of anilines is 3. The number of thioether (sulfide) groups is 2. The molecule has 246 valence electrons. The van der Waals surface area contributed by atoms with Crippen molar-refractivity contribution in [3.8, 4) is 5.69 Å². The van der Waals surface area contributed by atoms with Crippen molar-refractivity contribution in [3.63, 3.8) is 0 Å². The first-order chi connectivity index (χ1) is 22.2. The van der Waals surface area contributed by atoms with E-state index in [0.29, 0.717) is 27.3 Å². The number of β-lactam (4-membered cyclic amide) rings is 1. The highest BCUT2D eigenvalue weighted by Gasteiger charge is 2.54. The smallest absolute Gasteiger partial charge is 0.352 e. The van der Waals surface area contributed by atoms with Crippen LogP contribution in [-0.2, 0) is 24.0 Å². The SMILES string of the molecule is CC(C)(O/N=C(\C(=O)NC1C(=O)N2C(C(=O)O)=C(CSc3nc(N)cc(N)[n+]3-c3ccc(Cl)cc3)CSC12)c1cnc(N)s1)C(=O)O. The third kappa shape index (κ3) is 6.92. The summed E-state index contributed by atoms with van der Waals surface area (Å²) in [5.74, 6) is -3.36. The van der Waals surface area contributed by atoms with Crippen molar-refractivity contribution >= 4 is 92.7 Å². The third-order valence-corrected chi connectivity index (χ3v) is 10.3. The molecule has 20 heteroatoms. The number of hydrogen-bond donors (Lipinski definition) is 6. The number of carbonyl (C=O) groups excluding carboxylic acids is 2. The molecule has 0 bridgehead atoms. The zero-order chi connectivity index (χ0) is 34.2. The molecule has 16 nitrogen and oxygen atoms in total. The number of nitrogen functional groups attached to an aromatic ring is 3. The second-order valence-corrected chi connectivity index (χ2v) is 14.1. The number of carboxylic acids is 2. The number of amides is 2. The Labute approximate surface area is 284 Å². The predicted molar refractivity (Wildman–Crippen MR) is 176 cm³/mol. The number of carbonyl (C=O) groups is 4. The summed E-state index contributed by atoms with van der Waals surface area (Å²) >= 11 is 9.38. The zero-order valence-corrected chi connectivity index (χ0v) is 27.7. The van der Waals surface area contributed by atoms with Gasteiger partial charge in [-0.1, -0.05) is 33.1 Å². The predicted octanol–water partition coefficient (Wildman–Crippen LogP) is 1.33. The lowest BCUT2D eigenvalue weighted by atomic mass is 10.0. The Morgan fingerprint density at radius 2 is 1.94 bits per heavy atom. The van der Waals surface area contributed by atoms with Crippen LogP contribution in [0.2, 0.25) is 5.02 Å². The van der Waals surface area contributed by atoms with Gasteiger partial charge in [-0.3, -0.25) is 14.5 Å². The zero-order valence-electron chi connectivity index (χ0n) is 24.5. The number of thiazole rings is 1. The lowest BCUT2D eigenvalue weighted by Gasteiger charge is -2.49. The van der Waals surface area contributed by atoms with E-state index in [1.54, 1.807) is 28.8 Å². The molecule has 2 unspecified atom stereocenters. The molecule has 2 aromatic heterocycles. The number of nitrogens with one attached hydrogen (secondary N) is 1. The minimum Gasteiger partial charge on any atom is -0.478 e. The molecule has 1 aromatic carbocycles. The van der Waals surface area contributed by atoms with Gasteiger partial charge in [-0.25, -0.2) is 14.6 Å². The summed E-state index contributed by atoms with van der Waals surface area (Å²) in [4.78, 5) is 65.4. The molecule has 3 aromatic rings. The first kappa shape index (κ1) is 33.8. The van der Waals surface area contributed by atoms with Crippen LogP contribution in [0.15, 0.2) is 58.1 Å². The van der Waals surface area contributed by atoms with E-state index in [1.165, 1.54) is 49.6 Å². The van der Waals surface area contributed by atoms with Crippen molar-refractivity contribution in [1.82, 2.24) is 20.2 Å². The molecule has 2 atom stereocenters. The van der Waals surface area contributed by atoms with Crippen molar-refractivity contribution in [2.24, 2.45) is 5.16 Å². The van der Waals surface area contributed by atoms with Crippen molar-refractivity contribution in [1.29, 1.82) is 0 Å². The molecule has 2 aliphatic heterocycles. The van der Waals surface area contributed by atoms with E-state index in [0.717, 1.165) is 16.2 Å². The molecule has 2 aliphatic rings. The van der Waals surface area contributed by atoms with Gasteiger partial charge in [0, 0.05) is 22.7 Å². The van der Waals surface area contributed by atoms with Gasteiger partial charge in [0.2, 0.25) is 17.2 Å². The molecule has 0 radical (unpaired) electrons. The summed E-state index contributed by atoms with van der Waals surface area (Å²) in [5.41, 5.74) is 16.7. The molecule has 4 heterocycles. The second-order valence-electron chi connectivity index (χ2n) is 10.5. The topological polar surface area (TPSA) is 253 Å². The van der Waals surface area contributed by atoms with E-state index in [1.807, 2.05) is 0 Å². The molecule has 9 N–H and O–H groups in total. The third-order valence-electron chi connectivity index (χ3n) is 6.82. The number of rotatable bonds is 11. The molecule has 1 fully saturated rings. The minimum absolute atomic E-state index is 0.114. The lowest BCUT2D eigenvalue weighted by molar-refractivity contribution is -0.626. The fourth-order valence-corrected chi connectivity index (χ4v) is 7.73. The van der Waals surface area contributed by atoms with Gasteiger partial charge in [0.1, 0.15) is 22.8 Å². The molecule has 1 saturated heterocycles. The van der Waals surface area contributed by atoms with E-state index < -0.39 is 40.8 Å². The van der Waals surface area contributed by atoms with E-state index in [-0.39, 0.29) is 38.7 Å². The van der Waals surface area contributed by atoms with E-state index in [4.69, 9.17) is 33.6 Å². The molecule has 0 spiro atoms. The molecular formula is C27H27ClN9O7S3+. The number of nitrogens with zero attached hydrogens (tertiary/aromatic N) is 5. The van der Waals surface area contributed by atoms with Gasteiger partial charge in [0.25, 0.3) is 11.8 Å². The van der Waals surface area contributed by atoms with Gasteiger partial charge in [-0.05, 0) is 55.4 Å². The molecule has 5 rings (SSSR count). The number of aromatic nitrogens is 3. The quantitative estimate of drug-likeness (QED) is 0.0408. The molecule has 0 saturated carbocycles. The number of fused-ring (bicyclic) bond motifs is 1. The highest BCUT2D eigenvalue weighted by atomic mass is 35.5. The Balaban J connectivity index is 1.36. The Hall–Kier alpha value is -4.59. The largest absolute Gasteiger partial charge is 0.478 e. The summed E-state index contributed by atoms with van der Waals surface area (Å²) in [6.07, 6.45) is 1.26. The van der Waals surface area contributed by atoms with Gasteiger partial charge in [0.05, 0.1) is 10.9 Å². The maximum absolute atomic E-state index is 13.3. The molecule has 0 aliphatic carbocycles. The number of oxime groups is 1. The standard InChI is InChI=1S/C27H26ClN9O7S3/c1-27(2,24(42)43)44-35-17(14-8-32-25(31)47-14)20(38)34-18-21(39)37-19(23(40)41)11(9-45-22(18)37)10-46-26-33-15(29)7-16(30)36(26)13-5-3-12(28)4-6-13/h3-8,18,22H,9-10H2,1-2H3,(H8,29,30,31,32,34,35,38,40,41,42,43)/p+1. The van der Waals surface area contributed by atoms with Crippen LogP contribution in [0, 0.1) is 0 Å². The Morgan fingerprint density at radius 1 is 1.23 bits per heavy atom. The minimum atomic E-state index is -1.78. The Bertz CT molecular complexity index is 1850. The van der Waals surface area contributed by atoms with Crippen LogP contribution >= 0.6 is 46.5 Å². The maximum atomic E-state index is 13.3. The molecule has 2 amide bonds. The summed E-state index contributed by atoms with van der Waals surface area (Å²) in [7, 11) is 0. The highest BCUT2D eigenvalue weighted by molar-refractivity contribution is 8.01. The van der Waals surface area contributed by atoms with Crippen LogP contribution in [-0.4, -0.2) is 83.1 Å². The van der Waals surface area contributed by atoms with Gasteiger partial charge in [-0.2, -0.15) is 4.57 Å². The Morgan fingerprint density at radius 3 is 2.55 bits per heavy atom. The van der Waals surface area contributed by atoms with Crippen LogP contribution in [0.4, 0.5) is 16.8 Å². The van der Waals surface area contributed by atoms with Crippen LogP contribution in [0.1, 0.15) is 18.7 Å². The number of benzene rings is 1. The first-order valence-corrected chi connectivity index (χ1v) is 16.7. The molecule has 47 heavy (non-hydrogen) atoms. The van der Waals surface area contributed by atoms with E-state index in [9.17, 15) is 29.4 Å². The van der Waals surface area contributed by atoms with Gasteiger partial charge in [0.15, 0.2) is 10.8 Å². The number of aliphatic carboxylic acids is 2. The van der Waals surface area contributed by atoms with E-state index >= 15 is 0 Å². The van der Waals surface area contributed by atoms with Gasteiger partial charge >= 0.3 is 17.1 Å². The van der Waals surface area contributed by atoms with Crippen LogP contribution < -0.4 is 27.1 Å². The van der Waals surface area contributed by atoms with Gasteiger partial charge in [-0.15, -0.1) is 11.8 Å². The van der Waals surface area contributed by atoms with Crippen molar-refractivity contribution < 1.29 is 38.8 Å². The highest BCUT2D eigenvalue weighted by Crippen LogP contribution is 2.41. The number of carboxylic acid groups (broad SMARTS) is 2. The van der Waals surface area contributed by atoms with Crippen LogP contribution in [0.5, 0.6) is 0 Å². The monoisotopic (exact) mass is 720 g/mol. The average molecular weight is 721 g/mol. The summed E-state index contributed by atoms with van der Waals surface area (Å²) in [6.45, 7) is 2.48. The number of nitrogens with two attached hydrogens (primary N) is 3. The maximum Gasteiger partial charge on any atom is 0.352 e. The van der Waals surface area contributed by atoms with Gasteiger partial charge < -0.3 is 37.6 Å². The van der Waals surface area contributed by atoms with E-state index in [2.05, 4.69) is 20.4 Å². The first-order valence-electron chi connectivity index (χ1n) is 13.5. The Kier molecular flexibility index (Phi) is 9.53. The second kappa shape index (κ2) is 13.3. The fourth-order valence-electron chi connectivity index (χ4n) is 4.42. The van der Waals surface area contributed by atoms with Crippen molar-refractivity contribution in [3.05, 3.63) is 57.7 Å². The summed E-state index contributed by atoms with van der Waals surface area (Å²) in [5, 5.41) is 26.1. The van der Waals surface area contributed by atoms with Crippen molar-refractivity contribution in [2.45, 2.75) is 36.0 Å². The van der Waals surface area contributed by atoms with Crippen molar-refractivity contribution in [2.75, 3.05) is 28.7 Å². The fraction of sp³-hybridized carbons (Fsp3) is 0.259.